The predicted octanol–water partition coefficient (Wildman–Crippen LogP) is 2.20. The van der Waals surface area contributed by atoms with E-state index < -0.39 is 0 Å². The topological polar surface area (TPSA) is 42.7 Å². The van der Waals surface area contributed by atoms with Crippen LogP contribution in [0.1, 0.15) is 26.6 Å². The average Bonchev–Trinajstić information content (AvgIpc) is 2.69. The number of hydrogen-bond acceptors (Lipinski definition) is 3. The molecule has 0 saturated heterocycles. The van der Waals surface area contributed by atoms with Gasteiger partial charge in [-0.1, -0.05) is 13.8 Å². The molecule has 0 amide bonds. The lowest BCUT2D eigenvalue weighted by atomic mass is 10.4. The van der Waals surface area contributed by atoms with Crippen molar-refractivity contribution < 1.29 is 0 Å². The van der Waals surface area contributed by atoms with Crippen LogP contribution in [0, 0.1) is 0 Å². The van der Waals surface area contributed by atoms with Crippen LogP contribution in [0.2, 0.25) is 0 Å². The van der Waals surface area contributed by atoms with Gasteiger partial charge < -0.3 is 9.88 Å². The van der Waals surface area contributed by atoms with E-state index in [2.05, 4.69) is 32.8 Å². The van der Waals surface area contributed by atoms with Gasteiger partial charge in [-0.05, 0) is 26.1 Å². The first-order chi connectivity index (χ1) is 7.86. The van der Waals surface area contributed by atoms with Crippen molar-refractivity contribution >= 4 is 11.2 Å². The second-order valence-electron chi connectivity index (χ2n) is 3.15. The van der Waals surface area contributed by atoms with Gasteiger partial charge in [0.25, 0.3) is 0 Å². The molecule has 0 unspecified atom stereocenters. The van der Waals surface area contributed by atoms with Gasteiger partial charge in [0, 0.05) is 12.7 Å². The fraction of sp³-hybridized carbons (Fsp3) is 0.500. The fourth-order valence-electron chi connectivity index (χ4n) is 1.65. The quantitative estimate of drug-likeness (QED) is 0.862. The van der Waals surface area contributed by atoms with Crippen molar-refractivity contribution in [1.82, 2.24) is 19.9 Å². The Morgan fingerprint density at radius 1 is 1.38 bits per heavy atom. The predicted molar refractivity (Wildman–Crippen MR) is 67.3 cm³/mol. The van der Waals surface area contributed by atoms with Gasteiger partial charge in [-0.25, -0.2) is 9.97 Å². The standard InChI is InChI=1S/C10H14N4.C2H6/c1-3-14-8-5-4-6-12-10(8)13-9(14)7-11-2;1-2/h4-6,11H,3,7H2,1-2H3;1-2H3. The first kappa shape index (κ1) is 12.6. The minimum absolute atomic E-state index is 0.782. The number of aryl methyl sites for hydroxylation is 1. The van der Waals surface area contributed by atoms with Gasteiger partial charge >= 0.3 is 0 Å². The number of pyridine rings is 1. The Kier molecular flexibility index (Phi) is 4.92. The summed E-state index contributed by atoms with van der Waals surface area (Å²) in [6.07, 6.45) is 1.78. The molecule has 2 heterocycles. The summed E-state index contributed by atoms with van der Waals surface area (Å²) >= 11 is 0. The third-order valence-corrected chi connectivity index (χ3v) is 2.25. The van der Waals surface area contributed by atoms with Crippen molar-refractivity contribution in [3.05, 3.63) is 24.2 Å². The molecule has 0 aliphatic heterocycles. The number of rotatable bonds is 3. The summed E-state index contributed by atoms with van der Waals surface area (Å²) < 4.78 is 2.18. The van der Waals surface area contributed by atoms with Crippen molar-refractivity contribution in [2.75, 3.05) is 7.05 Å². The zero-order valence-electron chi connectivity index (χ0n) is 10.5. The van der Waals surface area contributed by atoms with Crippen molar-refractivity contribution in [3.63, 3.8) is 0 Å². The molecule has 0 aromatic carbocycles. The monoisotopic (exact) mass is 220 g/mol. The Balaban J connectivity index is 0.000000606. The third kappa shape index (κ3) is 2.39. The molecule has 0 fully saturated rings. The van der Waals surface area contributed by atoms with Gasteiger partial charge in [0.05, 0.1) is 12.1 Å². The van der Waals surface area contributed by atoms with Crippen molar-refractivity contribution in [1.29, 1.82) is 0 Å². The van der Waals surface area contributed by atoms with Gasteiger partial charge in [0.1, 0.15) is 5.82 Å². The molecule has 0 saturated carbocycles. The Morgan fingerprint density at radius 3 is 2.75 bits per heavy atom. The molecule has 0 radical (unpaired) electrons. The van der Waals surface area contributed by atoms with E-state index in [-0.39, 0.29) is 0 Å². The zero-order valence-corrected chi connectivity index (χ0v) is 10.5. The summed E-state index contributed by atoms with van der Waals surface area (Å²) in [4.78, 5) is 8.70. The Hall–Kier alpha value is -1.42. The lowest BCUT2D eigenvalue weighted by Crippen LogP contribution is -2.11. The smallest absolute Gasteiger partial charge is 0.177 e. The maximum absolute atomic E-state index is 4.46. The normalized spacial score (nSPS) is 10.0. The highest BCUT2D eigenvalue weighted by molar-refractivity contribution is 5.71. The minimum atomic E-state index is 0.782. The fourth-order valence-corrected chi connectivity index (χ4v) is 1.65. The van der Waals surface area contributed by atoms with Crippen LogP contribution in [0.25, 0.3) is 11.2 Å². The Labute approximate surface area is 96.7 Å². The molecule has 4 heteroatoms. The molecule has 0 aliphatic carbocycles. The average molecular weight is 220 g/mol. The molecule has 0 atom stereocenters. The van der Waals surface area contributed by atoms with Crippen LogP contribution < -0.4 is 5.32 Å². The highest BCUT2D eigenvalue weighted by Crippen LogP contribution is 2.13. The Bertz CT molecular complexity index is 434. The van der Waals surface area contributed by atoms with E-state index in [0.717, 1.165) is 30.1 Å². The molecule has 0 aliphatic rings. The lowest BCUT2D eigenvalue weighted by molar-refractivity contribution is 0.670. The molecular formula is C12H20N4. The second-order valence-corrected chi connectivity index (χ2v) is 3.15. The molecular weight excluding hydrogens is 200 g/mol. The van der Waals surface area contributed by atoms with Crippen LogP contribution in [0.4, 0.5) is 0 Å². The molecule has 1 N–H and O–H groups in total. The summed E-state index contributed by atoms with van der Waals surface area (Å²) in [5.41, 5.74) is 1.94. The largest absolute Gasteiger partial charge is 0.326 e. The highest BCUT2D eigenvalue weighted by Gasteiger charge is 2.07. The van der Waals surface area contributed by atoms with Gasteiger partial charge in [0.2, 0.25) is 0 Å². The van der Waals surface area contributed by atoms with Crippen LogP contribution in [-0.2, 0) is 13.1 Å². The van der Waals surface area contributed by atoms with Crippen LogP contribution in [0.15, 0.2) is 18.3 Å². The molecule has 4 nitrogen and oxygen atoms in total. The molecule has 0 bridgehead atoms. The van der Waals surface area contributed by atoms with Crippen LogP contribution >= 0.6 is 0 Å². The number of nitrogens with zero attached hydrogens (tertiary/aromatic N) is 3. The van der Waals surface area contributed by atoms with E-state index in [0.29, 0.717) is 0 Å². The van der Waals surface area contributed by atoms with Gasteiger partial charge in [-0.2, -0.15) is 0 Å². The highest BCUT2D eigenvalue weighted by atomic mass is 15.1. The van der Waals surface area contributed by atoms with Gasteiger partial charge in [-0.15, -0.1) is 0 Å². The lowest BCUT2D eigenvalue weighted by Gasteiger charge is -2.04. The second kappa shape index (κ2) is 6.23. The van der Waals surface area contributed by atoms with E-state index in [1.807, 2.05) is 27.0 Å². The maximum atomic E-state index is 4.46. The summed E-state index contributed by atoms with van der Waals surface area (Å²) in [5.74, 6) is 1.05. The first-order valence-corrected chi connectivity index (χ1v) is 5.81. The van der Waals surface area contributed by atoms with Crippen molar-refractivity contribution in [3.8, 4) is 0 Å². The van der Waals surface area contributed by atoms with Crippen LogP contribution in [-0.4, -0.2) is 21.6 Å². The van der Waals surface area contributed by atoms with E-state index in [9.17, 15) is 0 Å². The van der Waals surface area contributed by atoms with E-state index >= 15 is 0 Å². The zero-order chi connectivity index (χ0) is 12.0. The number of fused-ring (bicyclic) bond motifs is 1. The number of hydrogen-bond donors (Lipinski definition) is 1. The van der Waals surface area contributed by atoms with E-state index in [1.54, 1.807) is 6.20 Å². The molecule has 88 valence electrons. The van der Waals surface area contributed by atoms with Gasteiger partial charge in [0.15, 0.2) is 5.65 Å². The molecule has 2 aromatic rings. The molecule has 2 aromatic heterocycles. The number of aromatic nitrogens is 3. The third-order valence-electron chi connectivity index (χ3n) is 2.25. The number of imidazole rings is 1. The van der Waals surface area contributed by atoms with Crippen molar-refractivity contribution in [2.45, 2.75) is 33.9 Å². The molecule has 0 spiro atoms. The van der Waals surface area contributed by atoms with Crippen LogP contribution in [0.3, 0.4) is 0 Å². The summed E-state index contributed by atoms with van der Waals surface area (Å²) in [7, 11) is 1.92. The summed E-state index contributed by atoms with van der Waals surface area (Å²) in [5, 5.41) is 3.11. The molecule has 2 rings (SSSR count). The first-order valence-electron chi connectivity index (χ1n) is 5.81. The Morgan fingerprint density at radius 2 is 2.12 bits per heavy atom. The summed E-state index contributed by atoms with van der Waals surface area (Å²) in [6, 6.07) is 4.00. The number of nitrogens with one attached hydrogen (secondary N) is 1. The van der Waals surface area contributed by atoms with E-state index in [1.165, 1.54) is 0 Å². The maximum Gasteiger partial charge on any atom is 0.177 e. The SMILES string of the molecule is CC.CCn1c(CNC)nc2ncccc21. The van der Waals surface area contributed by atoms with Crippen molar-refractivity contribution in [2.24, 2.45) is 0 Å². The molecule has 16 heavy (non-hydrogen) atoms. The summed E-state index contributed by atoms with van der Waals surface area (Å²) in [6.45, 7) is 7.83. The van der Waals surface area contributed by atoms with Gasteiger partial charge in [-0.3, -0.25) is 0 Å². The van der Waals surface area contributed by atoms with Crippen LogP contribution in [0.5, 0.6) is 0 Å². The van der Waals surface area contributed by atoms with E-state index in [4.69, 9.17) is 0 Å². The minimum Gasteiger partial charge on any atom is -0.326 e.